The quantitative estimate of drug-likeness (QED) is 0.744. The van der Waals surface area contributed by atoms with Crippen LogP contribution < -0.4 is 5.32 Å². The van der Waals surface area contributed by atoms with Crippen molar-refractivity contribution in [1.82, 2.24) is 9.46 Å². The Morgan fingerprint density at radius 1 is 1.45 bits per heavy atom. The number of aromatic nitrogens is 1. The van der Waals surface area contributed by atoms with Crippen molar-refractivity contribution in [2.75, 3.05) is 31.3 Å². The van der Waals surface area contributed by atoms with E-state index in [1.807, 2.05) is 0 Å². The predicted octanol–water partition coefficient (Wildman–Crippen LogP) is -0.172. The maximum Gasteiger partial charge on any atom is 0.309 e. The lowest BCUT2D eigenvalue weighted by Crippen LogP contribution is -2.40. The molecule has 0 unspecified atom stereocenters. The third kappa shape index (κ3) is 4.53. The SMILES string of the molecule is CS(=O)(=O)N1CCC(C(=O)OCC(=O)Nc2ccon2)CC1. The highest BCUT2D eigenvalue weighted by molar-refractivity contribution is 7.88. The van der Waals surface area contributed by atoms with Crippen LogP contribution in [0.4, 0.5) is 5.82 Å². The number of piperidine rings is 1. The molecule has 1 saturated heterocycles. The lowest BCUT2D eigenvalue weighted by molar-refractivity contribution is -0.152. The van der Waals surface area contributed by atoms with Crippen LogP contribution in [-0.4, -0.2) is 55.7 Å². The first-order valence-corrected chi connectivity index (χ1v) is 8.53. The van der Waals surface area contributed by atoms with Crippen LogP contribution >= 0.6 is 0 Å². The molecule has 2 rings (SSSR count). The fourth-order valence-electron chi connectivity index (χ4n) is 2.13. The van der Waals surface area contributed by atoms with Gasteiger partial charge in [0.1, 0.15) is 6.26 Å². The second-order valence-corrected chi connectivity index (χ2v) is 6.96. The van der Waals surface area contributed by atoms with Gasteiger partial charge in [0.05, 0.1) is 12.2 Å². The average molecular weight is 331 g/mol. The zero-order valence-corrected chi connectivity index (χ0v) is 12.8. The van der Waals surface area contributed by atoms with Gasteiger partial charge in [0.2, 0.25) is 10.0 Å². The molecular formula is C12H17N3O6S. The molecule has 0 aromatic carbocycles. The summed E-state index contributed by atoms with van der Waals surface area (Å²) in [4.78, 5) is 23.4. The summed E-state index contributed by atoms with van der Waals surface area (Å²) < 4.78 is 33.6. The molecule has 9 nitrogen and oxygen atoms in total. The first-order valence-electron chi connectivity index (χ1n) is 6.68. The van der Waals surface area contributed by atoms with Crippen molar-refractivity contribution in [2.45, 2.75) is 12.8 Å². The number of carbonyl (C=O) groups is 2. The fourth-order valence-corrected chi connectivity index (χ4v) is 3.01. The standard InChI is InChI=1S/C12H17N3O6S/c1-22(18,19)15-5-2-9(3-6-15)12(17)20-8-11(16)13-10-4-7-21-14-10/h4,7,9H,2-3,5-6,8H2,1H3,(H,13,14,16). The monoisotopic (exact) mass is 331 g/mol. The van der Waals surface area contributed by atoms with Gasteiger partial charge >= 0.3 is 5.97 Å². The highest BCUT2D eigenvalue weighted by Gasteiger charge is 2.30. The number of esters is 1. The van der Waals surface area contributed by atoms with E-state index in [0.717, 1.165) is 6.26 Å². The first kappa shape index (κ1) is 16.4. The molecule has 122 valence electrons. The summed E-state index contributed by atoms with van der Waals surface area (Å²) in [5.74, 6) is -1.17. The van der Waals surface area contributed by atoms with Crippen LogP contribution in [0, 0.1) is 5.92 Å². The Hall–Kier alpha value is -1.94. The summed E-state index contributed by atoms with van der Waals surface area (Å²) >= 11 is 0. The number of rotatable bonds is 5. The molecule has 1 amide bonds. The summed E-state index contributed by atoms with van der Waals surface area (Å²) in [6.07, 6.45) is 3.21. The van der Waals surface area contributed by atoms with Crippen molar-refractivity contribution in [2.24, 2.45) is 5.92 Å². The van der Waals surface area contributed by atoms with Gasteiger partial charge in [-0.05, 0) is 12.8 Å². The van der Waals surface area contributed by atoms with E-state index in [4.69, 9.17) is 4.74 Å². The Kier molecular flexibility index (Phi) is 5.14. The minimum Gasteiger partial charge on any atom is -0.455 e. The normalized spacial score (nSPS) is 17.1. The van der Waals surface area contributed by atoms with Gasteiger partial charge in [0.15, 0.2) is 12.4 Å². The van der Waals surface area contributed by atoms with Crippen LogP contribution in [0.2, 0.25) is 0 Å². The van der Waals surface area contributed by atoms with Crippen molar-refractivity contribution in [3.63, 3.8) is 0 Å². The molecule has 1 N–H and O–H groups in total. The highest BCUT2D eigenvalue weighted by atomic mass is 32.2. The molecule has 0 atom stereocenters. The molecule has 0 spiro atoms. The summed E-state index contributed by atoms with van der Waals surface area (Å²) in [5, 5.41) is 5.89. The second-order valence-electron chi connectivity index (χ2n) is 4.98. The third-order valence-corrected chi connectivity index (χ3v) is 4.61. The lowest BCUT2D eigenvalue weighted by atomic mass is 9.98. The van der Waals surface area contributed by atoms with Crippen molar-refractivity contribution in [3.8, 4) is 0 Å². The van der Waals surface area contributed by atoms with E-state index in [0.29, 0.717) is 12.8 Å². The molecule has 2 heterocycles. The number of nitrogens with zero attached hydrogens (tertiary/aromatic N) is 2. The van der Waals surface area contributed by atoms with Gasteiger partial charge in [-0.15, -0.1) is 0 Å². The highest BCUT2D eigenvalue weighted by Crippen LogP contribution is 2.20. The van der Waals surface area contributed by atoms with Gasteiger partial charge in [-0.1, -0.05) is 5.16 Å². The molecular weight excluding hydrogens is 314 g/mol. The Morgan fingerprint density at radius 3 is 2.68 bits per heavy atom. The van der Waals surface area contributed by atoms with Gasteiger partial charge in [0, 0.05) is 19.2 Å². The minimum atomic E-state index is -3.23. The summed E-state index contributed by atoms with van der Waals surface area (Å²) in [6, 6.07) is 1.46. The van der Waals surface area contributed by atoms with E-state index in [9.17, 15) is 18.0 Å². The van der Waals surface area contributed by atoms with E-state index in [1.54, 1.807) is 0 Å². The van der Waals surface area contributed by atoms with Gasteiger partial charge in [-0.3, -0.25) is 9.59 Å². The van der Waals surface area contributed by atoms with Gasteiger partial charge in [-0.2, -0.15) is 0 Å². The molecule has 0 aliphatic carbocycles. The average Bonchev–Trinajstić information content (AvgIpc) is 2.97. The zero-order chi connectivity index (χ0) is 16.2. The maximum atomic E-state index is 11.9. The number of sulfonamides is 1. The third-order valence-electron chi connectivity index (χ3n) is 3.31. The van der Waals surface area contributed by atoms with Crippen LogP contribution in [0.15, 0.2) is 16.9 Å². The first-order chi connectivity index (χ1) is 10.4. The number of amides is 1. The molecule has 10 heteroatoms. The lowest BCUT2D eigenvalue weighted by Gasteiger charge is -2.28. The van der Waals surface area contributed by atoms with E-state index in [2.05, 4.69) is 15.0 Å². The number of hydrogen-bond donors (Lipinski definition) is 1. The second kappa shape index (κ2) is 6.88. The number of hydrogen-bond acceptors (Lipinski definition) is 7. The van der Waals surface area contributed by atoms with Gasteiger partial charge in [0.25, 0.3) is 5.91 Å². The smallest absolute Gasteiger partial charge is 0.309 e. The van der Waals surface area contributed by atoms with E-state index in [-0.39, 0.29) is 18.9 Å². The number of ether oxygens (including phenoxy) is 1. The van der Waals surface area contributed by atoms with Crippen LogP contribution in [0.5, 0.6) is 0 Å². The van der Waals surface area contributed by atoms with Crippen molar-refractivity contribution in [1.29, 1.82) is 0 Å². The van der Waals surface area contributed by atoms with Crippen LogP contribution in [0.3, 0.4) is 0 Å². The number of nitrogens with one attached hydrogen (secondary N) is 1. The van der Waals surface area contributed by atoms with Gasteiger partial charge in [-0.25, -0.2) is 12.7 Å². The Balaban J connectivity index is 1.73. The molecule has 0 radical (unpaired) electrons. The van der Waals surface area contributed by atoms with Crippen molar-refractivity contribution in [3.05, 3.63) is 12.3 Å². The Bertz CT molecular complexity index is 619. The topological polar surface area (TPSA) is 119 Å². The molecule has 1 aromatic heterocycles. The predicted molar refractivity (Wildman–Crippen MR) is 75.2 cm³/mol. The van der Waals surface area contributed by atoms with E-state index >= 15 is 0 Å². The number of carbonyl (C=O) groups excluding carboxylic acids is 2. The molecule has 0 bridgehead atoms. The fraction of sp³-hybridized carbons (Fsp3) is 0.583. The van der Waals surface area contributed by atoms with E-state index < -0.39 is 34.4 Å². The Labute approximate surface area is 127 Å². The molecule has 1 aromatic rings. The minimum absolute atomic E-state index is 0.238. The molecule has 0 saturated carbocycles. The molecule has 1 aliphatic heterocycles. The summed E-state index contributed by atoms with van der Waals surface area (Å²) in [5.41, 5.74) is 0. The zero-order valence-electron chi connectivity index (χ0n) is 12.0. The molecule has 22 heavy (non-hydrogen) atoms. The van der Waals surface area contributed by atoms with Crippen LogP contribution in [0.1, 0.15) is 12.8 Å². The van der Waals surface area contributed by atoms with Crippen LogP contribution in [-0.2, 0) is 24.3 Å². The summed E-state index contributed by atoms with van der Waals surface area (Å²) in [6.45, 7) is 0.144. The van der Waals surface area contributed by atoms with Crippen LogP contribution in [0.25, 0.3) is 0 Å². The van der Waals surface area contributed by atoms with Crippen molar-refractivity contribution >= 4 is 27.7 Å². The van der Waals surface area contributed by atoms with E-state index in [1.165, 1.54) is 16.6 Å². The van der Waals surface area contributed by atoms with Gasteiger partial charge < -0.3 is 14.6 Å². The molecule has 1 fully saturated rings. The Morgan fingerprint density at radius 2 is 2.14 bits per heavy atom. The summed E-state index contributed by atoms with van der Waals surface area (Å²) in [7, 11) is -3.23. The van der Waals surface area contributed by atoms with Crippen molar-refractivity contribution < 1.29 is 27.3 Å². The largest absolute Gasteiger partial charge is 0.455 e. The number of anilines is 1. The maximum absolute atomic E-state index is 11.9. The molecule has 1 aliphatic rings.